The normalized spacial score (nSPS) is 14.3. The Morgan fingerprint density at radius 1 is 1.22 bits per heavy atom. The first kappa shape index (κ1) is 25.2. The molecule has 0 unspecified atom stereocenters. The van der Waals surface area contributed by atoms with E-state index < -0.39 is 11.7 Å². The molecule has 0 radical (unpaired) electrons. The Balaban J connectivity index is 1.68. The summed E-state index contributed by atoms with van der Waals surface area (Å²) < 4.78 is 22.1. The minimum atomic E-state index is -0.483. The number of para-hydroxylation sites is 1. The molecule has 1 saturated carbocycles. The predicted molar refractivity (Wildman–Crippen MR) is 138 cm³/mol. The first-order valence-corrected chi connectivity index (χ1v) is 12.6. The topological polar surface area (TPSA) is 79.9 Å². The number of amides is 1. The Hall–Kier alpha value is -3.92. The zero-order valence-corrected chi connectivity index (χ0v) is 20.5. The van der Waals surface area contributed by atoms with Crippen LogP contribution in [0.25, 0.3) is 23.0 Å². The summed E-state index contributed by atoms with van der Waals surface area (Å²) in [5.41, 5.74) is 2.35. The molecule has 6 nitrogen and oxygen atoms in total. The van der Waals surface area contributed by atoms with E-state index in [1.165, 1.54) is 18.6 Å². The van der Waals surface area contributed by atoms with Gasteiger partial charge in [-0.3, -0.25) is 4.79 Å². The number of ether oxygens (including phenoxy) is 1. The SMILES string of the molecule is CCCCOc1ccc(-c2nn(-c3ccccc3)cc2/C=C(/C#N)C(=O)NC2CCCCC2)cc1F. The molecule has 0 aliphatic heterocycles. The van der Waals surface area contributed by atoms with Gasteiger partial charge in [0.2, 0.25) is 0 Å². The third-order valence-corrected chi connectivity index (χ3v) is 6.33. The van der Waals surface area contributed by atoms with Crippen LogP contribution in [-0.2, 0) is 4.79 Å². The molecule has 186 valence electrons. The third-order valence-electron chi connectivity index (χ3n) is 6.33. The summed E-state index contributed by atoms with van der Waals surface area (Å²) >= 11 is 0. The number of carbonyl (C=O) groups excluding carboxylic acids is 1. The molecule has 2 aromatic carbocycles. The highest BCUT2D eigenvalue weighted by atomic mass is 19.1. The maximum atomic E-state index is 14.9. The van der Waals surface area contributed by atoms with Crippen LogP contribution in [-0.4, -0.2) is 28.3 Å². The molecule has 0 bridgehead atoms. The van der Waals surface area contributed by atoms with E-state index in [1.54, 1.807) is 23.0 Å². The molecule has 3 aromatic rings. The zero-order valence-electron chi connectivity index (χ0n) is 20.5. The van der Waals surface area contributed by atoms with Crippen molar-refractivity contribution in [2.24, 2.45) is 0 Å². The van der Waals surface area contributed by atoms with Crippen LogP contribution >= 0.6 is 0 Å². The number of halogens is 1. The Morgan fingerprint density at radius 3 is 2.69 bits per heavy atom. The van der Waals surface area contributed by atoms with E-state index in [0.717, 1.165) is 44.2 Å². The lowest BCUT2D eigenvalue weighted by Gasteiger charge is -2.22. The van der Waals surface area contributed by atoms with Crippen molar-refractivity contribution in [2.75, 3.05) is 6.61 Å². The number of nitrogens with zero attached hydrogens (tertiary/aromatic N) is 3. The Labute approximate surface area is 211 Å². The summed E-state index contributed by atoms with van der Waals surface area (Å²) in [6.07, 6.45) is 10.3. The van der Waals surface area contributed by atoms with Crippen LogP contribution in [0.4, 0.5) is 4.39 Å². The standard InChI is InChI=1S/C29H31FN4O2/c1-2-3-16-36-27-15-14-21(18-26(27)30)28-23(20-34(33-28)25-12-8-5-9-13-25)17-22(19-31)29(35)32-24-10-6-4-7-11-24/h5,8-9,12-15,17-18,20,24H,2-4,6-7,10-11,16H2,1H3,(H,32,35)/b22-17-. The number of carbonyl (C=O) groups is 1. The molecule has 1 aromatic heterocycles. The van der Waals surface area contributed by atoms with Gasteiger partial charge in [-0.15, -0.1) is 0 Å². The van der Waals surface area contributed by atoms with Crippen molar-refractivity contribution >= 4 is 12.0 Å². The number of unbranched alkanes of at least 4 members (excludes halogenated alkanes) is 1. The molecule has 0 spiro atoms. The van der Waals surface area contributed by atoms with E-state index in [0.29, 0.717) is 23.4 Å². The molecule has 1 amide bonds. The molecule has 0 atom stereocenters. The number of rotatable bonds is 9. The minimum Gasteiger partial charge on any atom is -0.491 e. The second kappa shape index (κ2) is 12.2. The average molecular weight is 487 g/mol. The second-order valence-electron chi connectivity index (χ2n) is 9.04. The van der Waals surface area contributed by atoms with Crippen molar-refractivity contribution < 1.29 is 13.9 Å². The van der Waals surface area contributed by atoms with E-state index in [4.69, 9.17) is 4.74 Å². The Bertz CT molecular complexity index is 1250. The molecule has 4 rings (SSSR count). The molecule has 0 saturated heterocycles. The molecular formula is C29H31FN4O2. The molecule has 36 heavy (non-hydrogen) atoms. The zero-order chi connectivity index (χ0) is 25.3. The fourth-order valence-electron chi connectivity index (χ4n) is 4.34. The summed E-state index contributed by atoms with van der Waals surface area (Å²) in [4.78, 5) is 12.9. The van der Waals surface area contributed by atoms with E-state index >= 15 is 0 Å². The average Bonchev–Trinajstić information content (AvgIpc) is 3.33. The molecule has 7 heteroatoms. The number of nitriles is 1. The number of aromatic nitrogens is 2. The maximum absolute atomic E-state index is 14.9. The van der Waals surface area contributed by atoms with Crippen molar-refractivity contribution in [1.29, 1.82) is 5.26 Å². The Kier molecular flexibility index (Phi) is 8.51. The van der Waals surface area contributed by atoms with Gasteiger partial charge in [0.1, 0.15) is 17.3 Å². The number of hydrogen-bond acceptors (Lipinski definition) is 4. The first-order chi connectivity index (χ1) is 17.6. The van der Waals surface area contributed by atoms with Crippen molar-refractivity contribution in [3.63, 3.8) is 0 Å². The van der Waals surface area contributed by atoms with Gasteiger partial charge in [0.15, 0.2) is 11.6 Å². The first-order valence-electron chi connectivity index (χ1n) is 12.6. The van der Waals surface area contributed by atoms with Crippen LogP contribution in [0.1, 0.15) is 57.4 Å². The van der Waals surface area contributed by atoms with E-state index in [9.17, 15) is 14.4 Å². The van der Waals surface area contributed by atoms with Crippen molar-refractivity contribution in [2.45, 2.75) is 57.9 Å². The number of nitrogens with one attached hydrogen (secondary N) is 1. The fourth-order valence-corrected chi connectivity index (χ4v) is 4.34. The molecule has 1 N–H and O–H groups in total. The molecule has 1 heterocycles. The molecule has 1 aliphatic carbocycles. The van der Waals surface area contributed by atoms with Gasteiger partial charge >= 0.3 is 0 Å². The summed E-state index contributed by atoms with van der Waals surface area (Å²) in [5, 5.41) is 17.5. The van der Waals surface area contributed by atoms with Gasteiger partial charge in [0.05, 0.1) is 12.3 Å². The van der Waals surface area contributed by atoms with Crippen LogP contribution in [0.3, 0.4) is 0 Å². The molecule has 1 aliphatic rings. The minimum absolute atomic E-state index is 0.00516. The van der Waals surface area contributed by atoms with Crippen molar-refractivity contribution in [1.82, 2.24) is 15.1 Å². The van der Waals surface area contributed by atoms with Crippen molar-refractivity contribution in [3.8, 4) is 28.8 Å². The predicted octanol–water partition coefficient (Wildman–Crippen LogP) is 6.21. The van der Waals surface area contributed by atoms with Gasteiger partial charge in [-0.05, 0) is 55.7 Å². The number of benzene rings is 2. The largest absolute Gasteiger partial charge is 0.491 e. The lowest BCUT2D eigenvalue weighted by molar-refractivity contribution is -0.117. The smallest absolute Gasteiger partial charge is 0.262 e. The van der Waals surface area contributed by atoms with Gasteiger partial charge < -0.3 is 10.1 Å². The molecule has 1 fully saturated rings. The van der Waals surface area contributed by atoms with Gasteiger partial charge in [0, 0.05) is 23.4 Å². The Morgan fingerprint density at radius 2 is 2.00 bits per heavy atom. The summed E-state index contributed by atoms with van der Waals surface area (Å²) in [7, 11) is 0. The summed E-state index contributed by atoms with van der Waals surface area (Å²) in [5.74, 6) is -0.687. The van der Waals surface area contributed by atoms with Gasteiger partial charge in [0.25, 0.3) is 5.91 Å². The highest BCUT2D eigenvalue weighted by Gasteiger charge is 2.20. The highest BCUT2D eigenvalue weighted by molar-refractivity contribution is 6.02. The van der Waals surface area contributed by atoms with Crippen LogP contribution in [0.15, 0.2) is 60.3 Å². The van der Waals surface area contributed by atoms with Crippen LogP contribution in [0, 0.1) is 17.1 Å². The number of hydrogen-bond donors (Lipinski definition) is 1. The second-order valence-corrected chi connectivity index (χ2v) is 9.04. The van der Waals surface area contributed by atoms with Gasteiger partial charge in [-0.1, -0.05) is 50.8 Å². The van der Waals surface area contributed by atoms with E-state index in [2.05, 4.69) is 10.4 Å². The van der Waals surface area contributed by atoms with Gasteiger partial charge in [-0.25, -0.2) is 9.07 Å². The molecular weight excluding hydrogens is 455 g/mol. The van der Waals surface area contributed by atoms with E-state index in [-0.39, 0.29) is 17.4 Å². The summed E-state index contributed by atoms with van der Waals surface area (Å²) in [6, 6.07) is 16.3. The quantitative estimate of drug-likeness (QED) is 0.221. The highest BCUT2D eigenvalue weighted by Crippen LogP contribution is 2.30. The van der Waals surface area contributed by atoms with Crippen LogP contribution < -0.4 is 10.1 Å². The lowest BCUT2D eigenvalue weighted by atomic mass is 9.95. The van der Waals surface area contributed by atoms with Crippen molar-refractivity contribution in [3.05, 3.63) is 71.7 Å². The van der Waals surface area contributed by atoms with Crippen LogP contribution in [0.5, 0.6) is 5.75 Å². The monoisotopic (exact) mass is 486 g/mol. The third kappa shape index (κ3) is 6.19. The van der Waals surface area contributed by atoms with E-state index in [1.807, 2.05) is 43.3 Å². The summed E-state index contributed by atoms with van der Waals surface area (Å²) in [6.45, 7) is 2.50. The van der Waals surface area contributed by atoms with Gasteiger partial charge in [-0.2, -0.15) is 10.4 Å². The van der Waals surface area contributed by atoms with Crippen LogP contribution in [0.2, 0.25) is 0 Å². The lowest BCUT2D eigenvalue weighted by Crippen LogP contribution is -2.36. The maximum Gasteiger partial charge on any atom is 0.262 e. The fraction of sp³-hybridized carbons (Fsp3) is 0.345.